The summed E-state index contributed by atoms with van der Waals surface area (Å²) in [6, 6.07) is 11.8. The highest BCUT2D eigenvalue weighted by molar-refractivity contribution is 7.80. The zero-order chi connectivity index (χ0) is 11.8. The Bertz CT molecular complexity index is 420. The quantitative estimate of drug-likeness (QED) is 0.796. The van der Waals surface area contributed by atoms with Crippen molar-refractivity contribution in [2.45, 2.75) is 25.0 Å². The van der Waals surface area contributed by atoms with Crippen molar-refractivity contribution in [2.75, 3.05) is 13.1 Å². The Balaban J connectivity index is 1.65. The molecule has 2 unspecified atom stereocenters. The molecule has 2 N–H and O–H groups in total. The Morgan fingerprint density at radius 2 is 2.00 bits per heavy atom. The van der Waals surface area contributed by atoms with E-state index >= 15 is 0 Å². The second-order valence-electron chi connectivity index (χ2n) is 4.95. The first-order chi connectivity index (χ1) is 8.24. The highest BCUT2D eigenvalue weighted by Crippen LogP contribution is 2.31. The maximum absolute atomic E-state index is 5.72. The van der Waals surface area contributed by atoms with Gasteiger partial charge in [0.15, 0.2) is 5.11 Å². The molecule has 2 saturated heterocycles. The van der Waals surface area contributed by atoms with E-state index in [1.807, 2.05) is 0 Å². The molecule has 1 aromatic carbocycles. The van der Waals surface area contributed by atoms with E-state index in [1.54, 1.807) is 0 Å². The highest BCUT2D eigenvalue weighted by atomic mass is 32.1. The van der Waals surface area contributed by atoms with Gasteiger partial charge in [0.2, 0.25) is 0 Å². The van der Waals surface area contributed by atoms with Crippen molar-refractivity contribution in [1.29, 1.82) is 0 Å². The average Bonchev–Trinajstić information content (AvgIpc) is 2.89. The number of hydrogen-bond acceptors (Lipinski definition) is 2. The predicted molar refractivity (Wildman–Crippen MR) is 72.5 cm³/mol. The van der Waals surface area contributed by atoms with E-state index in [-0.39, 0.29) is 0 Å². The molecule has 2 aliphatic rings. The summed E-state index contributed by atoms with van der Waals surface area (Å²) in [7, 11) is 0. The van der Waals surface area contributed by atoms with Gasteiger partial charge in [-0.15, -0.1) is 0 Å². The molecular formula is C13H17N3S. The van der Waals surface area contributed by atoms with Crippen LogP contribution in [0, 0.1) is 0 Å². The van der Waals surface area contributed by atoms with Crippen molar-refractivity contribution < 1.29 is 0 Å². The van der Waals surface area contributed by atoms with Crippen molar-refractivity contribution in [3.05, 3.63) is 35.9 Å². The van der Waals surface area contributed by atoms with Gasteiger partial charge in [-0.25, -0.2) is 0 Å². The minimum Gasteiger partial charge on any atom is -0.376 e. The van der Waals surface area contributed by atoms with Crippen LogP contribution in [0.3, 0.4) is 0 Å². The third-order valence-corrected chi connectivity index (χ3v) is 4.10. The molecule has 1 aromatic rings. The number of nitrogens with zero attached hydrogens (tertiary/aromatic N) is 2. The van der Waals surface area contributed by atoms with Crippen molar-refractivity contribution in [3.8, 4) is 0 Å². The summed E-state index contributed by atoms with van der Waals surface area (Å²) in [5, 5.41) is 0.567. The number of rotatable bonds is 2. The summed E-state index contributed by atoms with van der Waals surface area (Å²) in [5.74, 6) is 0. The van der Waals surface area contributed by atoms with Crippen molar-refractivity contribution in [1.82, 2.24) is 9.80 Å². The van der Waals surface area contributed by atoms with Gasteiger partial charge in [-0.05, 0) is 24.2 Å². The average molecular weight is 247 g/mol. The number of likely N-dealkylation sites (tertiary alicyclic amines) is 2. The lowest BCUT2D eigenvalue weighted by molar-refractivity contribution is 0.170. The molecule has 4 heteroatoms. The lowest BCUT2D eigenvalue weighted by Crippen LogP contribution is -2.50. The van der Waals surface area contributed by atoms with Gasteiger partial charge in [-0.3, -0.25) is 4.90 Å². The van der Waals surface area contributed by atoms with Crippen molar-refractivity contribution >= 4 is 17.3 Å². The Morgan fingerprint density at radius 1 is 1.24 bits per heavy atom. The first-order valence-corrected chi connectivity index (χ1v) is 6.49. The highest BCUT2D eigenvalue weighted by Gasteiger charge is 2.43. The molecule has 90 valence electrons. The van der Waals surface area contributed by atoms with Crippen LogP contribution in [0.5, 0.6) is 0 Å². The molecule has 0 spiro atoms. The Morgan fingerprint density at radius 3 is 2.59 bits per heavy atom. The van der Waals surface area contributed by atoms with E-state index < -0.39 is 0 Å². The van der Waals surface area contributed by atoms with Crippen LogP contribution in [0.1, 0.15) is 12.0 Å². The number of fused-ring (bicyclic) bond motifs is 2. The fourth-order valence-corrected chi connectivity index (χ4v) is 3.25. The third-order valence-electron chi connectivity index (χ3n) is 3.87. The zero-order valence-corrected chi connectivity index (χ0v) is 10.6. The number of piperazine rings is 1. The molecule has 3 nitrogen and oxygen atoms in total. The van der Waals surface area contributed by atoms with Crippen LogP contribution in [0.25, 0.3) is 0 Å². The summed E-state index contributed by atoms with van der Waals surface area (Å²) in [4.78, 5) is 4.73. The largest absolute Gasteiger partial charge is 0.376 e. The van der Waals surface area contributed by atoms with Crippen LogP contribution in [0.4, 0.5) is 0 Å². The maximum atomic E-state index is 5.72. The fraction of sp³-hybridized carbons (Fsp3) is 0.462. The number of thiocarbonyl (C=S) groups is 1. The Labute approximate surface area is 107 Å². The summed E-state index contributed by atoms with van der Waals surface area (Å²) < 4.78 is 0. The lowest BCUT2D eigenvalue weighted by atomic mass is 10.2. The molecular weight excluding hydrogens is 230 g/mol. The molecule has 3 rings (SSSR count). The second-order valence-corrected chi connectivity index (χ2v) is 5.37. The van der Waals surface area contributed by atoms with E-state index in [0.29, 0.717) is 17.2 Å². The van der Waals surface area contributed by atoms with E-state index in [0.717, 1.165) is 19.6 Å². The molecule has 2 heterocycles. The van der Waals surface area contributed by atoms with E-state index in [9.17, 15) is 0 Å². The minimum absolute atomic E-state index is 0.543. The van der Waals surface area contributed by atoms with Crippen LogP contribution in [-0.2, 0) is 6.54 Å². The first-order valence-electron chi connectivity index (χ1n) is 6.08. The van der Waals surface area contributed by atoms with Crippen LogP contribution in [0.2, 0.25) is 0 Å². The number of hydrogen-bond donors (Lipinski definition) is 1. The Hall–Kier alpha value is -1.13. The molecule has 17 heavy (non-hydrogen) atoms. The molecule has 2 atom stereocenters. The van der Waals surface area contributed by atoms with Crippen LogP contribution >= 0.6 is 12.2 Å². The predicted octanol–water partition coefficient (Wildman–Crippen LogP) is 1.19. The van der Waals surface area contributed by atoms with Gasteiger partial charge in [0, 0.05) is 31.7 Å². The van der Waals surface area contributed by atoms with E-state index in [4.69, 9.17) is 18.0 Å². The van der Waals surface area contributed by atoms with Gasteiger partial charge in [-0.2, -0.15) is 0 Å². The normalized spacial score (nSPS) is 27.6. The first kappa shape index (κ1) is 11.0. The number of nitrogens with two attached hydrogens (primary N) is 1. The third kappa shape index (κ3) is 2.03. The molecule has 2 aliphatic heterocycles. The Kier molecular flexibility index (Phi) is 2.76. The van der Waals surface area contributed by atoms with Gasteiger partial charge in [-0.1, -0.05) is 30.3 Å². The minimum atomic E-state index is 0.543. The molecule has 0 amide bonds. The SMILES string of the molecule is NC(=S)N1CC2CC1CN2Cc1ccccc1. The maximum Gasteiger partial charge on any atom is 0.166 e. The number of benzene rings is 1. The molecule has 0 radical (unpaired) electrons. The summed E-state index contributed by atoms with van der Waals surface area (Å²) >= 11 is 5.07. The summed E-state index contributed by atoms with van der Waals surface area (Å²) in [6.07, 6.45) is 1.21. The standard InChI is InChI=1S/C13H17N3S/c14-13(17)16-9-11-6-12(16)8-15(11)7-10-4-2-1-3-5-10/h1-5,11-12H,6-9H2,(H2,14,17). The van der Waals surface area contributed by atoms with E-state index in [1.165, 1.54) is 12.0 Å². The molecule has 2 fully saturated rings. The monoisotopic (exact) mass is 247 g/mol. The van der Waals surface area contributed by atoms with Crippen LogP contribution in [-0.4, -0.2) is 40.1 Å². The van der Waals surface area contributed by atoms with Crippen LogP contribution in [0.15, 0.2) is 30.3 Å². The topological polar surface area (TPSA) is 32.5 Å². The van der Waals surface area contributed by atoms with Crippen molar-refractivity contribution in [3.63, 3.8) is 0 Å². The molecule has 0 aliphatic carbocycles. The zero-order valence-electron chi connectivity index (χ0n) is 9.75. The van der Waals surface area contributed by atoms with Gasteiger partial charge in [0.05, 0.1) is 0 Å². The molecule has 0 aromatic heterocycles. The summed E-state index contributed by atoms with van der Waals surface area (Å²) in [5.41, 5.74) is 7.11. The van der Waals surface area contributed by atoms with Gasteiger partial charge in [0.1, 0.15) is 0 Å². The second kappa shape index (κ2) is 4.27. The fourth-order valence-electron chi connectivity index (χ4n) is 3.03. The molecule has 0 saturated carbocycles. The van der Waals surface area contributed by atoms with E-state index in [2.05, 4.69) is 40.1 Å². The summed E-state index contributed by atoms with van der Waals surface area (Å²) in [6.45, 7) is 3.15. The lowest BCUT2D eigenvalue weighted by Gasteiger charge is -2.34. The molecule has 2 bridgehead atoms. The van der Waals surface area contributed by atoms with Gasteiger partial charge in [0.25, 0.3) is 0 Å². The van der Waals surface area contributed by atoms with Gasteiger partial charge < -0.3 is 10.6 Å². The van der Waals surface area contributed by atoms with Crippen molar-refractivity contribution in [2.24, 2.45) is 5.73 Å². The van der Waals surface area contributed by atoms with Gasteiger partial charge >= 0.3 is 0 Å². The van der Waals surface area contributed by atoms with Crippen LogP contribution < -0.4 is 5.73 Å². The smallest absolute Gasteiger partial charge is 0.166 e.